The smallest absolute Gasteiger partial charge is 0.305 e. The highest BCUT2D eigenvalue weighted by atomic mass is 19.1. The van der Waals surface area contributed by atoms with E-state index in [9.17, 15) is 19.6 Å². The normalized spacial score (nSPS) is 12.5. The quantitative estimate of drug-likeness (QED) is 0.580. The number of nitro groups is 1. The molecule has 0 saturated carbocycles. The second-order valence-electron chi connectivity index (χ2n) is 3.03. The third kappa shape index (κ3) is 2.48. The first-order valence-corrected chi connectivity index (χ1v) is 4.39. The summed E-state index contributed by atoms with van der Waals surface area (Å²) < 4.78 is 13.5. The summed E-state index contributed by atoms with van der Waals surface area (Å²) in [7, 11) is 0. The van der Waals surface area contributed by atoms with Crippen molar-refractivity contribution in [3.8, 4) is 0 Å². The van der Waals surface area contributed by atoms with E-state index in [-0.39, 0.29) is 18.5 Å². The molecule has 1 unspecified atom stereocenters. The molecule has 0 amide bonds. The molecule has 15 heavy (non-hydrogen) atoms. The maximum absolute atomic E-state index is 13.5. The fourth-order valence-electron chi connectivity index (χ4n) is 1.25. The summed E-state index contributed by atoms with van der Waals surface area (Å²) in [6.07, 6.45) is -0.937. The van der Waals surface area contributed by atoms with Crippen LogP contribution in [-0.2, 0) is 0 Å². The van der Waals surface area contributed by atoms with Gasteiger partial charge < -0.3 is 10.8 Å². The lowest BCUT2D eigenvalue weighted by Gasteiger charge is -2.10. The molecular formula is C9H11FN2O3. The predicted octanol–water partition coefficient (Wildman–Crippen LogP) is 1.12. The predicted molar refractivity (Wildman–Crippen MR) is 51.7 cm³/mol. The van der Waals surface area contributed by atoms with E-state index in [1.165, 1.54) is 12.1 Å². The Hall–Kier alpha value is -1.53. The van der Waals surface area contributed by atoms with Crippen molar-refractivity contribution in [1.82, 2.24) is 0 Å². The topological polar surface area (TPSA) is 89.4 Å². The first kappa shape index (κ1) is 11.5. The summed E-state index contributed by atoms with van der Waals surface area (Å²) in [4.78, 5) is 9.59. The zero-order valence-corrected chi connectivity index (χ0v) is 7.89. The molecule has 0 radical (unpaired) electrons. The second kappa shape index (κ2) is 4.81. The number of nitrogens with zero attached hydrogens (tertiary/aromatic N) is 1. The summed E-state index contributed by atoms with van der Waals surface area (Å²) in [5.74, 6) is -0.997. The molecule has 0 fully saturated rings. The second-order valence-corrected chi connectivity index (χ2v) is 3.03. The van der Waals surface area contributed by atoms with Gasteiger partial charge in [0.25, 0.3) is 0 Å². The van der Waals surface area contributed by atoms with Crippen LogP contribution < -0.4 is 5.73 Å². The molecule has 0 spiro atoms. The van der Waals surface area contributed by atoms with Crippen molar-refractivity contribution in [2.24, 2.45) is 5.73 Å². The number of nitrogens with two attached hydrogens (primary N) is 1. The van der Waals surface area contributed by atoms with Gasteiger partial charge in [0.05, 0.1) is 11.0 Å². The molecule has 6 heteroatoms. The molecule has 3 N–H and O–H groups in total. The number of halogens is 1. The van der Waals surface area contributed by atoms with Crippen molar-refractivity contribution in [3.05, 3.63) is 39.7 Å². The van der Waals surface area contributed by atoms with Gasteiger partial charge in [-0.25, -0.2) is 0 Å². The van der Waals surface area contributed by atoms with E-state index >= 15 is 0 Å². The zero-order chi connectivity index (χ0) is 11.4. The number of hydrogen-bond acceptors (Lipinski definition) is 4. The fourth-order valence-corrected chi connectivity index (χ4v) is 1.25. The van der Waals surface area contributed by atoms with Crippen LogP contribution in [0.4, 0.5) is 10.1 Å². The highest BCUT2D eigenvalue weighted by molar-refractivity contribution is 5.37. The SMILES string of the molecule is NCCC(O)c1cccc([N+](=O)[O-])c1F. The van der Waals surface area contributed by atoms with Crippen molar-refractivity contribution >= 4 is 5.69 Å². The van der Waals surface area contributed by atoms with Crippen molar-refractivity contribution in [1.29, 1.82) is 0 Å². The summed E-state index contributed by atoms with van der Waals surface area (Å²) >= 11 is 0. The number of nitro benzene ring substituents is 1. The molecule has 0 saturated heterocycles. The van der Waals surface area contributed by atoms with Crippen molar-refractivity contribution in [2.75, 3.05) is 6.54 Å². The lowest BCUT2D eigenvalue weighted by Crippen LogP contribution is -2.09. The van der Waals surface area contributed by atoms with Gasteiger partial charge in [0.15, 0.2) is 0 Å². The monoisotopic (exact) mass is 214 g/mol. The van der Waals surface area contributed by atoms with Gasteiger partial charge in [-0.15, -0.1) is 0 Å². The van der Waals surface area contributed by atoms with E-state index in [1.54, 1.807) is 0 Å². The van der Waals surface area contributed by atoms with Crippen molar-refractivity contribution in [2.45, 2.75) is 12.5 Å². The summed E-state index contributed by atoms with van der Waals surface area (Å²) in [5, 5.41) is 19.9. The molecule has 0 aromatic heterocycles. The number of aliphatic hydroxyl groups is 1. The molecule has 0 aliphatic heterocycles. The minimum absolute atomic E-state index is 0.0883. The van der Waals surface area contributed by atoms with E-state index < -0.39 is 22.5 Å². The van der Waals surface area contributed by atoms with Gasteiger partial charge in [0, 0.05) is 11.6 Å². The first-order valence-electron chi connectivity index (χ1n) is 4.39. The number of rotatable bonds is 4. The van der Waals surface area contributed by atoms with Gasteiger partial charge >= 0.3 is 5.69 Å². The maximum atomic E-state index is 13.5. The Morgan fingerprint density at radius 2 is 2.27 bits per heavy atom. The highest BCUT2D eigenvalue weighted by Crippen LogP contribution is 2.26. The molecule has 1 atom stereocenters. The highest BCUT2D eigenvalue weighted by Gasteiger charge is 2.21. The summed E-state index contributed by atoms with van der Waals surface area (Å²) in [6, 6.07) is 3.69. The molecule has 82 valence electrons. The molecule has 5 nitrogen and oxygen atoms in total. The van der Waals surface area contributed by atoms with Crippen molar-refractivity contribution < 1.29 is 14.4 Å². The lowest BCUT2D eigenvalue weighted by atomic mass is 10.1. The molecule has 0 aliphatic carbocycles. The standard InChI is InChI=1S/C9H11FN2O3/c10-9-6(8(13)4-5-11)2-1-3-7(9)12(14)15/h1-3,8,13H,4-5,11H2. The van der Waals surface area contributed by atoms with Gasteiger partial charge in [-0.3, -0.25) is 10.1 Å². The van der Waals surface area contributed by atoms with E-state index in [2.05, 4.69) is 0 Å². The lowest BCUT2D eigenvalue weighted by molar-refractivity contribution is -0.387. The van der Waals surface area contributed by atoms with Crippen molar-refractivity contribution in [3.63, 3.8) is 0 Å². The average molecular weight is 214 g/mol. The third-order valence-corrected chi connectivity index (χ3v) is 2.00. The molecular weight excluding hydrogens is 203 g/mol. The maximum Gasteiger partial charge on any atom is 0.305 e. The van der Waals surface area contributed by atoms with E-state index in [1.807, 2.05) is 0 Å². The van der Waals surface area contributed by atoms with Crippen LogP contribution in [0.2, 0.25) is 0 Å². The number of hydrogen-bond donors (Lipinski definition) is 2. The molecule has 1 aromatic carbocycles. The Morgan fingerprint density at radius 1 is 1.60 bits per heavy atom. The Kier molecular flexibility index (Phi) is 3.70. The molecule has 0 aliphatic rings. The van der Waals surface area contributed by atoms with Crippen LogP contribution in [0.25, 0.3) is 0 Å². The minimum Gasteiger partial charge on any atom is -0.388 e. The number of benzene rings is 1. The summed E-state index contributed by atoms with van der Waals surface area (Å²) in [6.45, 7) is 0.184. The van der Waals surface area contributed by atoms with Crippen LogP contribution in [0.5, 0.6) is 0 Å². The zero-order valence-electron chi connectivity index (χ0n) is 7.89. The third-order valence-electron chi connectivity index (χ3n) is 2.00. The Balaban J connectivity index is 3.09. The first-order chi connectivity index (χ1) is 7.07. The van der Waals surface area contributed by atoms with Crippen LogP contribution in [0.15, 0.2) is 18.2 Å². The van der Waals surface area contributed by atoms with E-state index in [0.717, 1.165) is 6.07 Å². The molecule has 0 heterocycles. The van der Waals surface area contributed by atoms with Gasteiger partial charge in [0.2, 0.25) is 5.82 Å². The summed E-state index contributed by atoms with van der Waals surface area (Å²) in [5.41, 5.74) is 4.47. The van der Waals surface area contributed by atoms with Gasteiger partial charge in [0.1, 0.15) is 0 Å². The Bertz CT molecular complexity index is 370. The van der Waals surface area contributed by atoms with Crippen LogP contribution in [0, 0.1) is 15.9 Å². The fraction of sp³-hybridized carbons (Fsp3) is 0.333. The van der Waals surface area contributed by atoms with Gasteiger partial charge in [-0.05, 0) is 13.0 Å². The minimum atomic E-state index is -1.10. The van der Waals surface area contributed by atoms with Gasteiger partial charge in [-0.1, -0.05) is 12.1 Å². The average Bonchev–Trinajstić information content (AvgIpc) is 2.17. The van der Waals surface area contributed by atoms with Crippen LogP contribution in [0.1, 0.15) is 18.1 Å². The van der Waals surface area contributed by atoms with Crippen LogP contribution >= 0.6 is 0 Å². The number of aliphatic hydroxyl groups excluding tert-OH is 1. The Morgan fingerprint density at radius 3 is 2.80 bits per heavy atom. The van der Waals surface area contributed by atoms with Crippen LogP contribution in [-0.4, -0.2) is 16.6 Å². The van der Waals surface area contributed by atoms with Crippen LogP contribution in [0.3, 0.4) is 0 Å². The molecule has 1 aromatic rings. The van der Waals surface area contributed by atoms with Gasteiger partial charge in [-0.2, -0.15) is 4.39 Å². The van der Waals surface area contributed by atoms with E-state index in [0.29, 0.717) is 0 Å². The largest absolute Gasteiger partial charge is 0.388 e. The Labute approximate surface area is 85.5 Å². The van der Waals surface area contributed by atoms with E-state index in [4.69, 9.17) is 5.73 Å². The molecule has 0 bridgehead atoms. The molecule has 1 rings (SSSR count).